The lowest BCUT2D eigenvalue weighted by Crippen LogP contribution is -2.54. The van der Waals surface area contributed by atoms with Gasteiger partial charge in [0.15, 0.2) is 5.13 Å². The van der Waals surface area contributed by atoms with Crippen molar-refractivity contribution in [3.05, 3.63) is 35.0 Å². The largest absolute Gasteiger partial charge is 0.353 e. The Morgan fingerprint density at radius 1 is 1.19 bits per heavy atom. The van der Waals surface area contributed by atoms with Gasteiger partial charge in [-0.2, -0.15) is 0 Å². The van der Waals surface area contributed by atoms with Crippen LogP contribution in [0.25, 0.3) is 0 Å². The second kappa shape index (κ2) is 8.34. The summed E-state index contributed by atoms with van der Waals surface area (Å²) >= 11 is 1.43. The zero-order chi connectivity index (χ0) is 19.4. The second-order valence-electron chi connectivity index (χ2n) is 6.48. The van der Waals surface area contributed by atoms with Gasteiger partial charge < -0.3 is 20.4 Å². The van der Waals surface area contributed by atoms with E-state index in [1.54, 1.807) is 18.0 Å². The Labute approximate surface area is 162 Å². The predicted molar refractivity (Wildman–Crippen MR) is 106 cm³/mol. The summed E-state index contributed by atoms with van der Waals surface area (Å²) in [6, 6.07) is 4.92. The monoisotopic (exact) mass is 388 g/mol. The van der Waals surface area contributed by atoms with Gasteiger partial charge in [-0.3, -0.25) is 4.79 Å². The molecular formula is C18H24N6O2S. The minimum atomic E-state index is -0.643. The molecule has 2 aromatic heterocycles. The van der Waals surface area contributed by atoms with Crippen molar-refractivity contribution in [1.29, 1.82) is 0 Å². The number of amides is 3. The third kappa shape index (κ3) is 4.73. The number of anilines is 2. The number of nitrogens with zero attached hydrogens (tertiary/aromatic N) is 4. The molecule has 9 heteroatoms. The van der Waals surface area contributed by atoms with Crippen molar-refractivity contribution < 1.29 is 9.59 Å². The first kappa shape index (κ1) is 19.1. The van der Waals surface area contributed by atoms with Crippen LogP contribution in [0.3, 0.4) is 0 Å². The van der Waals surface area contributed by atoms with Gasteiger partial charge in [0.1, 0.15) is 11.9 Å². The molecule has 0 aromatic carbocycles. The summed E-state index contributed by atoms with van der Waals surface area (Å²) < 4.78 is 0. The highest BCUT2D eigenvalue weighted by Crippen LogP contribution is 2.21. The van der Waals surface area contributed by atoms with Crippen molar-refractivity contribution in [1.82, 2.24) is 20.2 Å². The Hall–Kier alpha value is -2.68. The lowest BCUT2D eigenvalue weighted by molar-refractivity contribution is -0.117. The third-order valence-electron chi connectivity index (χ3n) is 4.53. The van der Waals surface area contributed by atoms with Gasteiger partial charge in [-0.25, -0.2) is 14.8 Å². The highest BCUT2D eigenvalue weighted by atomic mass is 32.1. The van der Waals surface area contributed by atoms with Crippen LogP contribution in [-0.2, 0) is 4.79 Å². The summed E-state index contributed by atoms with van der Waals surface area (Å²) in [6.45, 7) is 8.12. The third-order valence-corrected chi connectivity index (χ3v) is 5.52. The van der Waals surface area contributed by atoms with Crippen molar-refractivity contribution in [3.63, 3.8) is 0 Å². The molecule has 1 aliphatic rings. The zero-order valence-electron chi connectivity index (χ0n) is 15.7. The molecule has 144 valence electrons. The van der Waals surface area contributed by atoms with Crippen molar-refractivity contribution in [3.8, 4) is 0 Å². The SMILES string of the molecule is Cc1nc(NC(=O)[C@@H](C)NC(=O)N2CCN(c3ccccn3)CC2)sc1C. The van der Waals surface area contributed by atoms with Gasteiger partial charge in [0, 0.05) is 37.3 Å². The average molecular weight is 388 g/mol. The van der Waals surface area contributed by atoms with E-state index in [1.165, 1.54) is 11.3 Å². The molecule has 1 fully saturated rings. The molecule has 1 saturated heterocycles. The molecule has 1 atom stereocenters. The van der Waals surface area contributed by atoms with Gasteiger partial charge in [0.2, 0.25) is 5.91 Å². The van der Waals surface area contributed by atoms with E-state index in [2.05, 4.69) is 25.5 Å². The molecule has 3 rings (SSSR count). The van der Waals surface area contributed by atoms with Gasteiger partial charge >= 0.3 is 6.03 Å². The number of pyridine rings is 1. The van der Waals surface area contributed by atoms with Crippen LogP contribution in [0, 0.1) is 13.8 Å². The molecule has 8 nitrogen and oxygen atoms in total. The van der Waals surface area contributed by atoms with E-state index in [9.17, 15) is 9.59 Å². The highest BCUT2D eigenvalue weighted by molar-refractivity contribution is 7.15. The van der Waals surface area contributed by atoms with Crippen LogP contribution in [0.2, 0.25) is 0 Å². The molecule has 2 aromatic rings. The summed E-state index contributed by atoms with van der Waals surface area (Å²) in [4.78, 5) is 38.3. The number of hydrogen-bond donors (Lipinski definition) is 2. The van der Waals surface area contributed by atoms with Crippen molar-refractivity contribution >= 4 is 34.2 Å². The Kier molecular flexibility index (Phi) is 5.90. The van der Waals surface area contributed by atoms with E-state index >= 15 is 0 Å². The van der Waals surface area contributed by atoms with Crippen LogP contribution >= 0.6 is 11.3 Å². The number of rotatable bonds is 4. The second-order valence-corrected chi connectivity index (χ2v) is 7.69. The first-order chi connectivity index (χ1) is 12.9. The van der Waals surface area contributed by atoms with Crippen LogP contribution in [-0.4, -0.2) is 59.0 Å². The molecule has 3 heterocycles. The maximum atomic E-state index is 12.5. The molecule has 3 amide bonds. The molecule has 0 unspecified atom stereocenters. The molecule has 0 bridgehead atoms. The number of urea groups is 1. The number of piperazine rings is 1. The van der Waals surface area contributed by atoms with Crippen LogP contribution in [0.1, 0.15) is 17.5 Å². The molecule has 27 heavy (non-hydrogen) atoms. The fraction of sp³-hybridized carbons (Fsp3) is 0.444. The van der Waals surface area contributed by atoms with E-state index in [0.717, 1.165) is 16.4 Å². The first-order valence-electron chi connectivity index (χ1n) is 8.90. The van der Waals surface area contributed by atoms with Crippen LogP contribution in [0.4, 0.5) is 15.7 Å². The lowest BCUT2D eigenvalue weighted by atomic mass is 10.3. The quantitative estimate of drug-likeness (QED) is 0.836. The van der Waals surface area contributed by atoms with E-state index in [4.69, 9.17) is 0 Å². The Morgan fingerprint density at radius 2 is 1.93 bits per heavy atom. The summed E-state index contributed by atoms with van der Waals surface area (Å²) in [6.07, 6.45) is 1.76. The minimum absolute atomic E-state index is 0.232. The van der Waals surface area contributed by atoms with Gasteiger partial charge in [0.05, 0.1) is 5.69 Å². The van der Waals surface area contributed by atoms with Gasteiger partial charge in [-0.15, -0.1) is 11.3 Å². The first-order valence-corrected chi connectivity index (χ1v) is 9.72. The molecule has 0 spiro atoms. The number of aryl methyl sites for hydroxylation is 2. The summed E-state index contributed by atoms with van der Waals surface area (Å²) in [5.41, 5.74) is 0.901. The average Bonchev–Trinajstić information content (AvgIpc) is 2.99. The van der Waals surface area contributed by atoms with E-state index in [1.807, 2.05) is 32.0 Å². The maximum Gasteiger partial charge on any atom is 0.318 e. The standard InChI is InChI=1S/C18H24N6O2S/c1-12-14(3)27-17(20-12)22-16(25)13(2)21-18(26)24-10-8-23(9-11-24)15-6-4-5-7-19-15/h4-7,13H,8-11H2,1-3H3,(H,21,26)(H,20,22,25)/t13-/m1/s1. The minimum Gasteiger partial charge on any atom is -0.353 e. The fourth-order valence-electron chi connectivity index (χ4n) is 2.76. The molecule has 0 radical (unpaired) electrons. The number of hydrogen-bond acceptors (Lipinski definition) is 6. The molecular weight excluding hydrogens is 364 g/mol. The zero-order valence-corrected chi connectivity index (χ0v) is 16.5. The predicted octanol–water partition coefficient (Wildman–Crippen LogP) is 2.01. The van der Waals surface area contributed by atoms with Crippen LogP contribution < -0.4 is 15.5 Å². The Bertz CT molecular complexity index is 782. The van der Waals surface area contributed by atoms with Gasteiger partial charge in [0.25, 0.3) is 0 Å². The van der Waals surface area contributed by atoms with E-state index < -0.39 is 6.04 Å². The molecule has 2 N–H and O–H groups in total. The normalized spacial score (nSPS) is 15.4. The lowest BCUT2D eigenvalue weighted by Gasteiger charge is -2.35. The number of carbonyl (C=O) groups is 2. The van der Waals surface area contributed by atoms with Crippen molar-refractivity contribution in [2.24, 2.45) is 0 Å². The van der Waals surface area contributed by atoms with Gasteiger partial charge in [-0.1, -0.05) is 6.07 Å². The number of aromatic nitrogens is 2. The maximum absolute atomic E-state index is 12.5. The molecule has 1 aliphatic heterocycles. The Balaban J connectivity index is 1.48. The topological polar surface area (TPSA) is 90.5 Å². The van der Waals surface area contributed by atoms with E-state index in [-0.39, 0.29) is 11.9 Å². The van der Waals surface area contributed by atoms with Crippen molar-refractivity contribution in [2.45, 2.75) is 26.8 Å². The van der Waals surface area contributed by atoms with Crippen LogP contribution in [0.15, 0.2) is 24.4 Å². The molecule has 0 saturated carbocycles. The summed E-state index contributed by atoms with van der Waals surface area (Å²) in [5.74, 6) is 0.642. The summed E-state index contributed by atoms with van der Waals surface area (Å²) in [7, 11) is 0. The summed E-state index contributed by atoms with van der Waals surface area (Å²) in [5, 5.41) is 6.08. The smallest absolute Gasteiger partial charge is 0.318 e. The van der Waals surface area contributed by atoms with Gasteiger partial charge in [-0.05, 0) is 32.9 Å². The number of thiazole rings is 1. The van der Waals surface area contributed by atoms with Crippen molar-refractivity contribution in [2.75, 3.05) is 36.4 Å². The van der Waals surface area contributed by atoms with E-state index in [0.29, 0.717) is 31.3 Å². The molecule has 0 aliphatic carbocycles. The highest BCUT2D eigenvalue weighted by Gasteiger charge is 2.24. The Morgan fingerprint density at radius 3 is 2.52 bits per heavy atom. The van der Waals surface area contributed by atoms with Crippen LogP contribution in [0.5, 0.6) is 0 Å². The fourth-order valence-corrected chi connectivity index (χ4v) is 3.58. The number of nitrogens with one attached hydrogen (secondary N) is 2. The number of carbonyl (C=O) groups excluding carboxylic acids is 2.